The molecule has 158 valence electrons. The lowest BCUT2D eigenvalue weighted by Crippen LogP contribution is -2.29. The van der Waals surface area contributed by atoms with E-state index >= 15 is 0 Å². The summed E-state index contributed by atoms with van der Waals surface area (Å²) in [4.78, 5) is 35.0. The fourth-order valence-corrected chi connectivity index (χ4v) is 3.86. The molecule has 0 saturated heterocycles. The summed E-state index contributed by atoms with van der Waals surface area (Å²) in [6, 6.07) is 13.6. The molecule has 2 heterocycles. The smallest absolute Gasteiger partial charge is 0.339 e. The van der Waals surface area contributed by atoms with Gasteiger partial charge in [-0.2, -0.15) is 0 Å². The molecule has 0 saturated carbocycles. The minimum absolute atomic E-state index is 0.00723. The molecule has 0 radical (unpaired) electrons. The number of carbonyl (C=O) groups is 2. The lowest BCUT2D eigenvalue weighted by atomic mass is 9.98. The Labute approximate surface area is 177 Å². The molecule has 1 amide bonds. The van der Waals surface area contributed by atoms with Crippen molar-refractivity contribution in [1.29, 1.82) is 0 Å². The van der Waals surface area contributed by atoms with Crippen LogP contribution in [0.3, 0.4) is 0 Å². The molecular weight excluding hydrogens is 398 g/mol. The highest BCUT2D eigenvalue weighted by Gasteiger charge is 2.18. The van der Waals surface area contributed by atoms with Crippen molar-refractivity contribution in [3.8, 4) is 11.1 Å². The van der Waals surface area contributed by atoms with Crippen molar-refractivity contribution < 1.29 is 23.5 Å². The number of carboxylic acid groups (broad SMARTS) is 1. The van der Waals surface area contributed by atoms with E-state index in [0.29, 0.717) is 16.7 Å². The SMILES string of the molecule is Cc1oc2cc3oc(=O)c(CCC(=O)NCC(=O)O)c(C)c3cc2c1-c1ccccc1. The Hall–Kier alpha value is -3.87. The van der Waals surface area contributed by atoms with Gasteiger partial charge in [0.2, 0.25) is 5.91 Å². The van der Waals surface area contributed by atoms with Crippen LogP contribution in [-0.4, -0.2) is 23.5 Å². The minimum Gasteiger partial charge on any atom is -0.480 e. The molecule has 0 unspecified atom stereocenters. The summed E-state index contributed by atoms with van der Waals surface area (Å²) in [6.45, 7) is 3.27. The van der Waals surface area contributed by atoms with E-state index in [1.54, 1.807) is 6.07 Å². The van der Waals surface area contributed by atoms with Crippen LogP contribution in [0.1, 0.15) is 23.3 Å². The molecular formula is C24H21NO6. The number of carboxylic acids is 1. The Morgan fingerprint density at radius 3 is 2.42 bits per heavy atom. The number of aryl methyl sites for hydroxylation is 2. The number of furan rings is 1. The zero-order valence-corrected chi connectivity index (χ0v) is 17.2. The maximum absolute atomic E-state index is 12.5. The molecule has 2 aromatic carbocycles. The second kappa shape index (κ2) is 8.10. The van der Waals surface area contributed by atoms with E-state index in [1.165, 1.54) is 0 Å². The van der Waals surface area contributed by atoms with Crippen molar-refractivity contribution in [3.63, 3.8) is 0 Å². The third kappa shape index (κ3) is 3.94. The summed E-state index contributed by atoms with van der Waals surface area (Å²) in [7, 11) is 0. The summed E-state index contributed by atoms with van der Waals surface area (Å²) in [5, 5.41) is 12.6. The van der Waals surface area contributed by atoms with Gasteiger partial charge in [-0.25, -0.2) is 4.79 Å². The van der Waals surface area contributed by atoms with Crippen molar-refractivity contribution in [3.05, 3.63) is 69.8 Å². The Balaban J connectivity index is 1.77. The quantitative estimate of drug-likeness (QED) is 0.458. The van der Waals surface area contributed by atoms with E-state index in [-0.39, 0.29) is 12.8 Å². The van der Waals surface area contributed by atoms with Crippen molar-refractivity contribution >= 4 is 33.8 Å². The highest BCUT2D eigenvalue weighted by molar-refractivity contribution is 6.03. The monoisotopic (exact) mass is 419 g/mol. The molecule has 0 aliphatic carbocycles. The van der Waals surface area contributed by atoms with Gasteiger partial charge >= 0.3 is 11.6 Å². The predicted molar refractivity (Wildman–Crippen MR) is 116 cm³/mol. The highest BCUT2D eigenvalue weighted by atomic mass is 16.4. The zero-order valence-electron chi connectivity index (χ0n) is 17.2. The molecule has 4 rings (SSSR count). The van der Waals surface area contributed by atoms with E-state index in [9.17, 15) is 14.4 Å². The van der Waals surface area contributed by atoms with Gasteiger partial charge in [-0.3, -0.25) is 9.59 Å². The van der Waals surface area contributed by atoms with Gasteiger partial charge in [0.05, 0.1) is 0 Å². The van der Waals surface area contributed by atoms with Gasteiger partial charge in [0.1, 0.15) is 23.5 Å². The van der Waals surface area contributed by atoms with Crippen molar-refractivity contribution in [2.75, 3.05) is 6.54 Å². The number of aliphatic carboxylic acids is 1. The van der Waals surface area contributed by atoms with Crippen molar-refractivity contribution in [2.45, 2.75) is 26.7 Å². The lowest BCUT2D eigenvalue weighted by molar-refractivity contribution is -0.137. The highest BCUT2D eigenvalue weighted by Crippen LogP contribution is 2.37. The Morgan fingerprint density at radius 2 is 1.71 bits per heavy atom. The van der Waals surface area contributed by atoms with Crippen LogP contribution in [0.5, 0.6) is 0 Å². The van der Waals surface area contributed by atoms with Gasteiger partial charge in [-0.15, -0.1) is 0 Å². The second-order valence-corrected chi connectivity index (χ2v) is 7.41. The van der Waals surface area contributed by atoms with Crippen LogP contribution in [0.25, 0.3) is 33.1 Å². The molecule has 2 N–H and O–H groups in total. The lowest BCUT2D eigenvalue weighted by Gasteiger charge is -2.08. The average Bonchev–Trinajstić information content (AvgIpc) is 3.06. The molecule has 0 aliphatic rings. The van der Waals surface area contributed by atoms with Crippen LogP contribution >= 0.6 is 0 Å². The predicted octanol–water partition coefficient (Wildman–Crippen LogP) is 3.96. The standard InChI is InChI=1S/C24H21NO6/c1-13-16(8-9-21(26)25-12-22(27)28)24(29)31-19-11-20-18(10-17(13)19)23(14(2)30-20)15-6-4-3-5-7-15/h3-7,10-11H,8-9,12H2,1-2H3,(H,25,26)(H,27,28). The summed E-state index contributed by atoms with van der Waals surface area (Å²) >= 11 is 0. The van der Waals surface area contributed by atoms with Gasteiger partial charge in [0.25, 0.3) is 0 Å². The Kier molecular flexibility index (Phi) is 5.33. The molecule has 2 aromatic heterocycles. The maximum Gasteiger partial charge on any atom is 0.339 e. The van der Waals surface area contributed by atoms with Crippen LogP contribution in [0.4, 0.5) is 0 Å². The van der Waals surface area contributed by atoms with E-state index < -0.39 is 24.0 Å². The van der Waals surface area contributed by atoms with Gasteiger partial charge in [-0.05, 0) is 37.5 Å². The van der Waals surface area contributed by atoms with Crippen molar-refractivity contribution in [2.24, 2.45) is 0 Å². The summed E-state index contributed by atoms with van der Waals surface area (Å²) < 4.78 is 11.5. The van der Waals surface area contributed by atoms with Gasteiger partial charge < -0.3 is 19.3 Å². The first-order valence-corrected chi connectivity index (χ1v) is 9.88. The fourth-order valence-electron chi connectivity index (χ4n) is 3.86. The average molecular weight is 419 g/mol. The molecule has 0 atom stereocenters. The Morgan fingerprint density at radius 1 is 1.00 bits per heavy atom. The van der Waals surface area contributed by atoms with E-state index in [1.807, 2.05) is 50.2 Å². The van der Waals surface area contributed by atoms with E-state index in [0.717, 1.165) is 33.2 Å². The maximum atomic E-state index is 12.5. The summed E-state index contributed by atoms with van der Waals surface area (Å²) in [6.07, 6.45) is 0.149. The number of nitrogens with one attached hydrogen (secondary N) is 1. The number of hydrogen-bond acceptors (Lipinski definition) is 5. The normalized spacial score (nSPS) is 11.2. The molecule has 0 aliphatic heterocycles. The molecule has 4 aromatic rings. The number of rotatable bonds is 6. The number of carbonyl (C=O) groups excluding carboxylic acids is 1. The van der Waals surface area contributed by atoms with Crippen LogP contribution in [-0.2, 0) is 16.0 Å². The molecule has 0 spiro atoms. The Bertz CT molecular complexity index is 1360. The second-order valence-electron chi connectivity index (χ2n) is 7.41. The third-order valence-electron chi connectivity index (χ3n) is 5.37. The molecule has 7 nitrogen and oxygen atoms in total. The molecule has 31 heavy (non-hydrogen) atoms. The first-order valence-electron chi connectivity index (χ1n) is 9.88. The van der Waals surface area contributed by atoms with Crippen molar-refractivity contribution in [1.82, 2.24) is 5.32 Å². The van der Waals surface area contributed by atoms with Gasteiger partial charge in [-0.1, -0.05) is 30.3 Å². The first kappa shape index (κ1) is 20.4. The molecule has 0 bridgehead atoms. The van der Waals surface area contributed by atoms with Crippen LogP contribution in [0.2, 0.25) is 0 Å². The zero-order chi connectivity index (χ0) is 22.1. The number of amides is 1. The van der Waals surface area contributed by atoms with E-state index in [4.69, 9.17) is 13.9 Å². The largest absolute Gasteiger partial charge is 0.480 e. The number of fused-ring (bicyclic) bond motifs is 2. The van der Waals surface area contributed by atoms with Crippen LogP contribution < -0.4 is 10.9 Å². The topological polar surface area (TPSA) is 110 Å². The summed E-state index contributed by atoms with van der Waals surface area (Å²) in [5.74, 6) is -0.788. The number of benzene rings is 2. The number of hydrogen-bond donors (Lipinski definition) is 2. The van der Waals surface area contributed by atoms with Gasteiger partial charge in [0, 0.05) is 34.4 Å². The van der Waals surface area contributed by atoms with Crippen LogP contribution in [0, 0.1) is 13.8 Å². The fraction of sp³-hybridized carbons (Fsp3) is 0.208. The minimum atomic E-state index is -1.12. The molecule has 7 heteroatoms. The van der Waals surface area contributed by atoms with Gasteiger partial charge in [0.15, 0.2) is 0 Å². The summed E-state index contributed by atoms with van der Waals surface area (Å²) in [5.41, 5.74) is 3.69. The third-order valence-corrected chi connectivity index (χ3v) is 5.37. The van der Waals surface area contributed by atoms with E-state index in [2.05, 4.69) is 5.32 Å². The van der Waals surface area contributed by atoms with Crippen LogP contribution in [0.15, 0.2) is 56.1 Å². The molecule has 0 fully saturated rings. The first-order chi connectivity index (χ1) is 14.8.